The van der Waals surface area contributed by atoms with Crippen LogP contribution < -0.4 is 5.73 Å². The Hall–Kier alpha value is -0.160. The SMILES string of the molecule is CCC(C)COCCCCOCC(C)COCCC(C)N. The van der Waals surface area contributed by atoms with Gasteiger partial charge in [-0.3, -0.25) is 0 Å². The molecular weight excluding hydrogens is 266 g/mol. The minimum absolute atomic E-state index is 0.221. The maximum Gasteiger partial charge on any atom is 0.0513 e. The highest BCUT2D eigenvalue weighted by molar-refractivity contribution is 4.53. The molecule has 0 aromatic rings. The smallest absolute Gasteiger partial charge is 0.0513 e. The first-order valence-corrected chi connectivity index (χ1v) is 8.55. The van der Waals surface area contributed by atoms with E-state index in [4.69, 9.17) is 19.9 Å². The Morgan fingerprint density at radius 1 is 0.762 bits per heavy atom. The average Bonchev–Trinajstić information content (AvgIpc) is 2.45. The second kappa shape index (κ2) is 14.8. The summed E-state index contributed by atoms with van der Waals surface area (Å²) >= 11 is 0. The normalized spacial score (nSPS) is 15.9. The molecule has 0 saturated heterocycles. The highest BCUT2D eigenvalue weighted by atomic mass is 16.5. The number of rotatable bonds is 15. The molecule has 0 aliphatic rings. The first kappa shape index (κ1) is 20.8. The van der Waals surface area contributed by atoms with Crippen molar-refractivity contribution >= 4 is 0 Å². The summed E-state index contributed by atoms with van der Waals surface area (Å²) in [5.41, 5.74) is 5.67. The monoisotopic (exact) mass is 303 g/mol. The molecule has 0 rings (SSSR count). The Balaban J connectivity index is 3.19. The van der Waals surface area contributed by atoms with Crippen molar-refractivity contribution in [2.24, 2.45) is 17.6 Å². The molecule has 0 aliphatic heterocycles. The zero-order chi connectivity index (χ0) is 15.9. The van der Waals surface area contributed by atoms with Gasteiger partial charge in [-0.05, 0) is 32.1 Å². The van der Waals surface area contributed by atoms with Gasteiger partial charge in [0, 0.05) is 38.4 Å². The second-order valence-electron chi connectivity index (χ2n) is 6.32. The molecule has 128 valence electrons. The number of hydrogen-bond donors (Lipinski definition) is 1. The van der Waals surface area contributed by atoms with E-state index >= 15 is 0 Å². The van der Waals surface area contributed by atoms with Crippen LogP contribution in [0.2, 0.25) is 0 Å². The molecule has 0 fully saturated rings. The summed E-state index contributed by atoms with van der Waals surface area (Å²) in [6.45, 7) is 13.4. The molecule has 0 radical (unpaired) electrons. The van der Waals surface area contributed by atoms with Crippen LogP contribution in [0, 0.1) is 11.8 Å². The van der Waals surface area contributed by atoms with Gasteiger partial charge in [0.05, 0.1) is 13.2 Å². The number of hydrogen-bond acceptors (Lipinski definition) is 4. The summed E-state index contributed by atoms with van der Waals surface area (Å²) in [6.07, 6.45) is 4.26. The van der Waals surface area contributed by atoms with Crippen LogP contribution in [-0.2, 0) is 14.2 Å². The van der Waals surface area contributed by atoms with E-state index in [9.17, 15) is 0 Å². The second-order valence-corrected chi connectivity index (χ2v) is 6.32. The Morgan fingerprint density at radius 3 is 1.71 bits per heavy atom. The van der Waals surface area contributed by atoms with E-state index in [1.807, 2.05) is 6.92 Å². The summed E-state index contributed by atoms with van der Waals surface area (Å²) in [4.78, 5) is 0. The lowest BCUT2D eigenvalue weighted by molar-refractivity contribution is 0.0391. The summed E-state index contributed by atoms with van der Waals surface area (Å²) in [5, 5.41) is 0. The van der Waals surface area contributed by atoms with Crippen LogP contribution in [0.5, 0.6) is 0 Å². The third-order valence-corrected chi connectivity index (χ3v) is 3.45. The topological polar surface area (TPSA) is 53.7 Å². The molecule has 0 spiro atoms. The van der Waals surface area contributed by atoms with E-state index in [2.05, 4.69) is 20.8 Å². The summed E-state index contributed by atoms with van der Waals surface area (Å²) in [5.74, 6) is 1.11. The van der Waals surface area contributed by atoms with E-state index in [-0.39, 0.29) is 6.04 Å². The Labute approximate surface area is 131 Å². The molecule has 4 nitrogen and oxygen atoms in total. The third kappa shape index (κ3) is 16.0. The highest BCUT2D eigenvalue weighted by Crippen LogP contribution is 2.03. The van der Waals surface area contributed by atoms with E-state index in [0.29, 0.717) is 11.8 Å². The minimum Gasteiger partial charge on any atom is -0.381 e. The van der Waals surface area contributed by atoms with Crippen molar-refractivity contribution in [3.63, 3.8) is 0 Å². The van der Waals surface area contributed by atoms with Gasteiger partial charge in [0.2, 0.25) is 0 Å². The molecule has 4 heteroatoms. The Morgan fingerprint density at radius 2 is 1.24 bits per heavy atom. The standard InChI is InChI=1S/C17H37NO3/c1-5-15(2)12-19-9-6-7-10-20-13-16(3)14-21-11-8-17(4)18/h15-17H,5-14,18H2,1-4H3. The molecule has 2 N–H and O–H groups in total. The van der Waals surface area contributed by atoms with Gasteiger partial charge >= 0.3 is 0 Å². The fraction of sp³-hybridized carbons (Fsp3) is 1.00. The molecule has 21 heavy (non-hydrogen) atoms. The van der Waals surface area contributed by atoms with E-state index < -0.39 is 0 Å². The Bertz CT molecular complexity index is 212. The molecule has 0 aromatic heterocycles. The van der Waals surface area contributed by atoms with Crippen molar-refractivity contribution in [3.05, 3.63) is 0 Å². The fourth-order valence-corrected chi connectivity index (χ4v) is 1.70. The van der Waals surface area contributed by atoms with Crippen molar-refractivity contribution in [2.75, 3.05) is 39.6 Å². The van der Waals surface area contributed by atoms with Gasteiger partial charge in [-0.2, -0.15) is 0 Å². The van der Waals surface area contributed by atoms with Crippen molar-refractivity contribution < 1.29 is 14.2 Å². The van der Waals surface area contributed by atoms with Crippen LogP contribution in [0.25, 0.3) is 0 Å². The van der Waals surface area contributed by atoms with Crippen molar-refractivity contribution in [1.29, 1.82) is 0 Å². The summed E-state index contributed by atoms with van der Waals surface area (Å²) < 4.78 is 16.8. The molecule has 3 unspecified atom stereocenters. The largest absolute Gasteiger partial charge is 0.381 e. The molecule has 0 aromatic carbocycles. The van der Waals surface area contributed by atoms with Crippen LogP contribution in [0.3, 0.4) is 0 Å². The first-order valence-electron chi connectivity index (χ1n) is 8.55. The number of nitrogens with two attached hydrogens (primary N) is 1. The average molecular weight is 303 g/mol. The third-order valence-electron chi connectivity index (χ3n) is 3.45. The molecule has 0 heterocycles. The Kier molecular flexibility index (Phi) is 14.7. The van der Waals surface area contributed by atoms with E-state index in [1.54, 1.807) is 0 Å². The maximum atomic E-state index is 5.67. The maximum absolute atomic E-state index is 5.67. The van der Waals surface area contributed by atoms with Gasteiger partial charge in [-0.1, -0.05) is 27.2 Å². The first-order chi connectivity index (χ1) is 10.1. The van der Waals surface area contributed by atoms with Crippen molar-refractivity contribution in [1.82, 2.24) is 0 Å². The predicted octanol–water partition coefficient (Wildman–Crippen LogP) is 3.24. The van der Waals surface area contributed by atoms with E-state index in [0.717, 1.165) is 58.9 Å². The number of ether oxygens (including phenoxy) is 3. The van der Waals surface area contributed by atoms with Gasteiger partial charge < -0.3 is 19.9 Å². The predicted molar refractivity (Wildman–Crippen MR) is 88.6 cm³/mol. The molecule has 0 bridgehead atoms. The van der Waals surface area contributed by atoms with Gasteiger partial charge in [-0.15, -0.1) is 0 Å². The molecule has 0 saturated carbocycles. The summed E-state index contributed by atoms with van der Waals surface area (Å²) in [7, 11) is 0. The molecule has 0 amide bonds. The van der Waals surface area contributed by atoms with Crippen LogP contribution in [0.15, 0.2) is 0 Å². The summed E-state index contributed by atoms with van der Waals surface area (Å²) in [6, 6.07) is 0.221. The zero-order valence-electron chi connectivity index (χ0n) is 14.6. The van der Waals surface area contributed by atoms with Gasteiger partial charge in [0.1, 0.15) is 0 Å². The fourth-order valence-electron chi connectivity index (χ4n) is 1.70. The van der Waals surface area contributed by atoms with Crippen molar-refractivity contribution in [3.8, 4) is 0 Å². The van der Waals surface area contributed by atoms with Crippen molar-refractivity contribution in [2.45, 2.75) is 59.4 Å². The number of unbranched alkanes of at least 4 members (excludes halogenated alkanes) is 1. The van der Waals surface area contributed by atoms with E-state index in [1.165, 1.54) is 6.42 Å². The lowest BCUT2D eigenvalue weighted by Crippen LogP contribution is -2.19. The van der Waals surface area contributed by atoms with Crippen LogP contribution in [0.4, 0.5) is 0 Å². The molecule has 3 atom stereocenters. The van der Waals surface area contributed by atoms with Gasteiger partial charge in [0.15, 0.2) is 0 Å². The van der Waals surface area contributed by atoms with Crippen LogP contribution >= 0.6 is 0 Å². The van der Waals surface area contributed by atoms with Gasteiger partial charge in [0.25, 0.3) is 0 Å². The lowest BCUT2D eigenvalue weighted by Gasteiger charge is -2.13. The van der Waals surface area contributed by atoms with Gasteiger partial charge in [-0.25, -0.2) is 0 Å². The highest BCUT2D eigenvalue weighted by Gasteiger charge is 2.03. The van der Waals surface area contributed by atoms with Crippen LogP contribution in [0.1, 0.15) is 53.4 Å². The minimum atomic E-state index is 0.221. The molecular formula is C17H37NO3. The lowest BCUT2D eigenvalue weighted by atomic mass is 10.1. The molecule has 0 aliphatic carbocycles. The quantitative estimate of drug-likeness (QED) is 0.472. The zero-order valence-corrected chi connectivity index (χ0v) is 14.6. The van der Waals surface area contributed by atoms with Crippen LogP contribution in [-0.4, -0.2) is 45.7 Å².